The third-order valence-corrected chi connectivity index (χ3v) is 3.91. The Morgan fingerprint density at radius 1 is 1.40 bits per heavy atom. The van der Waals surface area contributed by atoms with Gasteiger partial charge < -0.3 is 14.7 Å². The fourth-order valence-corrected chi connectivity index (χ4v) is 2.81. The van der Waals surface area contributed by atoms with Crippen LogP contribution in [0.5, 0.6) is 0 Å². The van der Waals surface area contributed by atoms with E-state index in [1.165, 1.54) is 0 Å². The van der Waals surface area contributed by atoms with Crippen LogP contribution in [0, 0.1) is 0 Å². The molecule has 3 rings (SSSR count). The normalized spacial score (nSPS) is 19.5. The van der Waals surface area contributed by atoms with E-state index in [1.54, 1.807) is 0 Å². The maximum absolute atomic E-state index is 9.44. The first-order valence-corrected chi connectivity index (χ1v) is 7.17. The van der Waals surface area contributed by atoms with E-state index in [-0.39, 0.29) is 6.61 Å². The summed E-state index contributed by atoms with van der Waals surface area (Å²) in [4.78, 5) is 6.99. The number of hydrogen-bond donors (Lipinski definition) is 1. The molecule has 1 aliphatic heterocycles. The molecule has 0 bridgehead atoms. The van der Waals surface area contributed by atoms with Crippen LogP contribution < -0.4 is 4.90 Å². The number of nitrogens with zero attached hydrogens (tertiary/aromatic N) is 2. The number of ether oxygens (including phenoxy) is 1. The maximum Gasteiger partial charge on any atom is 0.137 e. The summed E-state index contributed by atoms with van der Waals surface area (Å²) in [6, 6.07) is 10.5. The number of fused-ring (bicyclic) bond motifs is 1. The van der Waals surface area contributed by atoms with Gasteiger partial charge in [-0.05, 0) is 17.9 Å². The molecule has 106 valence electrons. The van der Waals surface area contributed by atoms with Gasteiger partial charge in [-0.15, -0.1) is 0 Å². The fourth-order valence-electron chi connectivity index (χ4n) is 2.81. The van der Waals surface area contributed by atoms with Gasteiger partial charge in [0.15, 0.2) is 0 Å². The molecule has 2 aromatic rings. The lowest BCUT2D eigenvalue weighted by Crippen LogP contribution is -2.45. The SMILES string of the molecule is CCC1COCCN1c1nc(CO)cc2ccccc12. The van der Waals surface area contributed by atoms with Crippen molar-refractivity contribution < 1.29 is 9.84 Å². The Labute approximate surface area is 119 Å². The lowest BCUT2D eigenvalue weighted by atomic mass is 10.1. The molecule has 1 aromatic carbocycles. The maximum atomic E-state index is 9.44. The third-order valence-electron chi connectivity index (χ3n) is 3.91. The first-order chi connectivity index (χ1) is 9.83. The first-order valence-electron chi connectivity index (χ1n) is 7.17. The van der Waals surface area contributed by atoms with Crippen molar-refractivity contribution in [2.75, 3.05) is 24.7 Å². The molecule has 1 unspecified atom stereocenters. The van der Waals surface area contributed by atoms with E-state index in [4.69, 9.17) is 4.74 Å². The second kappa shape index (κ2) is 5.77. The molecule has 4 nitrogen and oxygen atoms in total. The van der Waals surface area contributed by atoms with Crippen LogP contribution in [-0.4, -0.2) is 35.9 Å². The van der Waals surface area contributed by atoms with Gasteiger partial charge in [0, 0.05) is 11.9 Å². The zero-order valence-corrected chi connectivity index (χ0v) is 11.7. The quantitative estimate of drug-likeness (QED) is 0.931. The number of benzene rings is 1. The van der Waals surface area contributed by atoms with Crippen LogP contribution in [-0.2, 0) is 11.3 Å². The van der Waals surface area contributed by atoms with E-state index >= 15 is 0 Å². The molecule has 0 amide bonds. The summed E-state index contributed by atoms with van der Waals surface area (Å²) in [5.41, 5.74) is 0.722. The first kappa shape index (κ1) is 13.3. The topological polar surface area (TPSA) is 45.6 Å². The van der Waals surface area contributed by atoms with Crippen LogP contribution >= 0.6 is 0 Å². The summed E-state index contributed by atoms with van der Waals surface area (Å²) >= 11 is 0. The Kier molecular flexibility index (Phi) is 3.85. The molecular weight excluding hydrogens is 252 g/mol. The summed E-state index contributed by atoms with van der Waals surface area (Å²) in [6.07, 6.45) is 1.03. The van der Waals surface area contributed by atoms with Crippen LogP contribution in [0.25, 0.3) is 10.8 Å². The molecule has 4 heteroatoms. The van der Waals surface area contributed by atoms with Crippen LogP contribution in [0.4, 0.5) is 5.82 Å². The van der Waals surface area contributed by atoms with Crippen molar-refractivity contribution >= 4 is 16.6 Å². The average Bonchev–Trinajstić information content (AvgIpc) is 2.53. The highest BCUT2D eigenvalue weighted by Crippen LogP contribution is 2.29. The number of aliphatic hydroxyl groups is 1. The summed E-state index contributed by atoms with van der Waals surface area (Å²) in [7, 11) is 0. The van der Waals surface area contributed by atoms with Gasteiger partial charge in [0.1, 0.15) is 5.82 Å². The molecule has 0 spiro atoms. The van der Waals surface area contributed by atoms with E-state index in [0.29, 0.717) is 6.04 Å². The molecule has 1 atom stereocenters. The van der Waals surface area contributed by atoms with Gasteiger partial charge in [-0.25, -0.2) is 4.98 Å². The zero-order chi connectivity index (χ0) is 13.9. The fraction of sp³-hybridized carbons (Fsp3) is 0.438. The lowest BCUT2D eigenvalue weighted by Gasteiger charge is -2.36. The number of anilines is 1. The van der Waals surface area contributed by atoms with Gasteiger partial charge in [0.2, 0.25) is 0 Å². The number of rotatable bonds is 3. The van der Waals surface area contributed by atoms with E-state index < -0.39 is 0 Å². The van der Waals surface area contributed by atoms with Gasteiger partial charge in [0.05, 0.1) is 31.6 Å². The highest BCUT2D eigenvalue weighted by Gasteiger charge is 2.24. The van der Waals surface area contributed by atoms with Crippen LogP contribution in [0.1, 0.15) is 19.0 Å². The largest absolute Gasteiger partial charge is 0.390 e. The number of hydrogen-bond acceptors (Lipinski definition) is 4. The van der Waals surface area contributed by atoms with Crippen LogP contribution in [0.15, 0.2) is 30.3 Å². The second-order valence-electron chi connectivity index (χ2n) is 5.15. The minimum Gasteiger partial charge on any atom is -0.390 e. The third kappa shape index (κ3) is 2.37. The van der Waals surface area contributed by atoms with Crippen LogP contribution in [0.3, 0.4) is 0 Å². The van der Waals surface area contributed by atoms with Gasteiger partial charge >= 0.3 is 0 Å². The Hall–Kier alpha value is -1.65. The molecule has 0 radical (unpaired) electrons. The molecule has 0 aliphatic carbocycles. The summed E-state index contributed by atoms with van der Waals surface area (Å²) in [5, 5.41) is 11.7. The van der Waals surface area contributed by atoms with Crippen molar-refractivity contribution in [3.63, 3.8) is 0 Å². The Bertz CT molecular complexity index is 600. The van der Waals surface area contributed by atoms with E-state index in [0.717, 1.165) is 48.5 Å². The molecule has 2 heterocycles. The van der Waals surface area contributed by atoms with Crippen molar-refractivity contribution in [3.8, 4) is 0 Å². The van der Waals surface area contributed by atoms with E-state index in [2.05, 4.69) is 28.9 Å². The molecule has 20 heavy (non-hydrogen) atoms. The van der Waals surface area contributed by atoms with E-state index in [1.807, 2.05) is 18.2 Å². The monoisotopic (exact) mass is 272 g/mol. The zero-order valence-electron chi connectivity index (χ0n) is 11.7. The smallest absolute Gasteiger partial charge is 0.137 e. The summed E-state index contributed by atoms with van der Waals surface area (Å²) in [6.45, 7) is 4.47. The van der Waals surface area contributed by atoms with Gasteiger partial charge in [-0.3, -0.25) is 0 Å². The van der Waals surface area contributed by atoms with Gasteiger partial charge in [0.25, 0.3) is 0 Å². The molecular formula is C16H20N2O2. The molecule has 1 N–H and O–H groups in total. The van der Waals surface area contributed by atoms with Crippen LogP contribution in [0.2, 0.25) is 0 Å². The highest BCUT2D eigenvalue weighted by atomic mass is 16.5. The summed E-state index contributed by atoms with van der Waals surface area (Å²) in [5.74, 6) is 0.974. The average molecular weight is 272 g/mol. The lowest BCUT2D eigenvalue weighted by molar-refractivity contribution is 0.0927. The van der Waals surface area contributed by atoms with Crippen molar-refractivity contribution in [2.24, 2.45) is 0 Å². The summed E-state index contributed by atoms with van der Waals surface area (Å²) < 4.78 is 5.57. The molecule has 1 fully saturated rings. The predicted molar refractivity (Wildman–Crippen MR) is 79.9 cm³/mol. The second-order valence-corrected chi connectivity index (χ2v) is 5.15. The highest BCUT2D eigenvalue weighted by molar-refractivity contribution is 5.92. The van der Waals surface area contributed by atoms with Crippen molar-refractivity contribution in [1.82, 2.24) is 4.98 Å². The molecule has 0 saturated carbocycles. The number of aliphatic hydroxyl groups excluding tert-OH is 1. The Morgan fingerprint density at radius 2 is 2.25 bits per heavy atom. The minimum atomic E-state index is -0.0288. The predicted octanol–water partition coefficient (Wildman–Crippen LogP) is 2.34. The van der Waals surface area contributed by atoms with Gasteiger partial charge in [-0.1, -0.05) is 31.2 Å². The van der Waals surface area contributed by atoms with Crippen molar-refractivity contribution in [2.45, 2.75) is 26.0 Å². The minimum absolute atomic E-state index is 0.0288. The number of pyridine rings is 1. The van der Waals surface area contributed by atoms with E-state index in [9.17, 15) is 5.11 Å². The molecule has 1 saturated heterocycles. The standard InChI is InChI=1S/C16H20N2O2/c1-2-14-11-20-8-7-18(14)16-15-6-4-3-5-12(15)9-13(10-19)17-16/h3-6,9,14,19H,2,7-8,10-11H2,1H3. The Morgan fingerprint density at radius 3 is 3.05 bits per heavy atom. The van der Waals surface area contributed by atoms with Crippen molar-refractivity contribution in [3.05, 3.63) is 36.0 Å². The Balaban J connectivity index is 2.13. The van der Waals surface area contributed by atoms with Gasteiger partial charge in [-0.2, -0.15) is 0 Å². The molecule has 1 aromatic heterocycles. The van der Waals surface area contributed by atoms with Crippen molar-refractivity contribution in [1.29, 1.82) is 0 Å². The molecule has 1 aliphatic rings. The number of aromatic nitrogens is 1. The number of morpholine rings is 1.